The van der Waals surface area contributed by atoms with Gasteiger partial charge in [-0.2, -0.15) is 0 Å². The predicted octanol–water partition coefficient (Wildman–Crippen LogP) is 6.26. The Bertz CT molecular complexity index is 1590. The van der Waals surface area contributed by atoms with Crippen molar-refractivity contribution < 1.29 is 0 Å². The lowest BCUT2D eigenvalue weighted by Gasteiger charge is -2.40. The van der Waals surface area contributed by atoms with Crippen LogP contribution in [0.25, 0.3) is 10.9 Å². The molecule has 4 aromatic rings. The van der Waals surface area contributed by atoms with Crippen molar-refractivity contribution >= 4 is 22.3 Å². The van der Waals surface area contributed by atoms with Gasteiger partial charge in [0.25, 0.3) is 0 Å². The molecule has 1 aromatic carbocycles. The van der Waals surface area contributed by atoms with E-state index in [9.17, 15) is 4.79 Å². The number of benzene rings is 1. The van der Waals surface area contributed by atoms with Gasteiger partial charge in [-0.1, -0.05) is 0 Å². The summed E-state index contributed by atoms with van der Waals surface area (Å²) in [7, 11) is 0. The highest BCUT2D eigenvalue weighted by molar-refractivity contribution is 5.83. The van der Waals surface area contributed by atoms with Gasteiger partial charge in [0.2, 0.25) is 0 Å². The lowest BCUT2D eigenvalue weighted by molar-refractivity contribution is 0.158. The summed E-state index contributed by atoms with van der Waals surface area (Å²) in [5.74, 6) is 0. The van der Waals surface area contributed by atoms with Crippen molar-refractivity contribution in [2.24, 2.45) is 0 Å². The molecular weight excluding hydrogens is 520 g/mol. The first kappa shape index (κ1) is 28.4. The molecule has 7 nitrogen and oxygen atoms in total. The molecule has 0 amide bonds. The molecule has 1 atom stereocenters. The van der Waals surface area contributed by atoms with Gasteiger partial charge in [0.1, 0.15) is 0 Å². The lowest BCUT2D eigenvalue weighted by Crippen LogP contribution is -2.48. The third-order valence-corrected chi connectivity index (χ3v) is 9.01. The number of piperidine rings is 1. The van der Waals surface area contributed by atoms with Crippen LogP contribution in [0.5, 0.6) is 0 Å². The minimum Gasteiger partial charge on any atom is -0.371 e. The van der Waals surface area contributed by atoms with Crippen LogP contribution in [-0.4, -0.2) is 51.7 Å². The van der Waals surface area contributed by atoms with Crippen LogP contribution in [0.2, 0.25) is 0 Å². The molecule has 3 aromatic heterocycles. The van der Waals surface area contributed by atoms with Crippen LogP contribution in [0.1, 0.15) is 68.1 Å². The fourth-order valence-corrected chi connectivity index (χ4v) is 6.71. The first-order valence-electron chi connectivity index (χ1n) is 15.6. The smallest absolute Gasteiger partial charge is 0.193 e. The number of aromatic nitrogens is 3. The van der Waals surface area contributed by atoms with Crippen LogP contribution in [-0.2, 0) is 13.1 Å². The molecule has 0 radical (unpaired) electrons. The first-order valence-corrected chi connectivity index (χ1v) is 15.6. The Kier molecular flexibility index (Phi) is 8.29. The van der Waals surface area contributed by atoms with Crippen molar-refractivity contribution in [2.75, 3.05) is 36.0 Å². The molecule has 0 spiro atoms. The van der Waals surface area contributed by atoms with Crippen molar-refractivity contribution in [1.29, 1.82) is 0 Å². The van der Waals surface area contributed by atoms with E-state index in [1.165, 1.54) is 29.8 Å². The average Bonchev–Trinajstić information content (AvgIpc) is 3.54. The van der Waals surface area contributed by atoms with Crippen molar-refractivity contribution in [1.82, 2.24) is 19.4 Å². The predicted molar refractivity (Wildman–Crippen MR) is 172 cm³/mol. The van der Waals surface area contributed by atoms with Gasteiger partial charge >= 0.3 is 0 Å². The second kappa shape index (κ2) is 12.3. The van der Waals surface area contributed by atoms with Gasteiger partial charge in [0, 0.05) is 91.8 Å². The number of nitrogens with zero attached hydrogens (tertiary/aromatic N) is 6. The SMILES string of the molecule is Cc1ccc(N2CCCC(N(Cc3ccnc(C)c3)Cc3cn(C(C)C)c4cc(N5CCCC5)ccc4c3=O)C2)cn1. The number of hydrogen-bond donors (Lipinski definition) is 0. The second-order valence-electron chi connectivity index (χ2n) is 12.5. The molecule has 2 saturated heterocycles. The van der Waals surface area contributed by atoms with Crippen LogP contribution >= 0.6 is 0 Å². The molecule has 2 aliphatic heterocycles. The van der Waals surface area contributed by atoms with E-state index in [0.717, 1.165) is 73.4 Å². The molecule has 5 heterocycles. The maximum atomic E-state index is 14.1. The average molecular weight is 565 g/mol. The molecule has 0 saturated carbocycles. The second-order valence-corrected chi connectivity index (χ2v) is 12.5. The summed E-state index contributed by atoms with van der Waals surface area (Å²) in [6.45, 7) is 14.0. The summed E-state index contributed by atoms with van der Waals surface area (Å²) < 4.78 is 2.31. The molecule has 220 valence electrons. The highest BCUT2D eigenvalue weighted by Crippen LogP contribution is 2.28. The molecule has 0 aliphatic carbocycles. The Balaban J connectivity index is 1.35. The fraction of sp³-hybridized carbons (Fsp3) is 0.457. The Hall–Kier alpha value is -3.71. The molecule has 42 heavy (non-hydrogen) atoms. The standard InChI is InChI=1S/C35H44N6O/c1-25(2)41-23-29(35(42)33-12-11-30(19-34(33)41)38-15-5-6-16-38)22-40(21-28-13-14-36-27(4)18-28)32-8-7-17-39(24-32)31-10-9-26(3)37-20-31/h9-14,18-20,23,25,32H,5-8,15-17,21-22,24H2,1-4H3. The number of hydrogen-bond acceptors (Lipinski definition) is 6. The lowest BCUT2D eigenvalue weighted by atomic mass is 10.0. The fourth-order valence-electron chi connectivity index (χ4n) is 6.71. The van der Waals surface area contributed by atoms with E-state index in [-0.39, 0.29) is 11.5 Å². The van der Waals surface area contributed by atoms with Crippen LogP contribution in [0.15, 0.2) is 65.8 Å². The highest BCUT2D eigenvalue weighted by Gasteiger charge is 2.27. The maximum Gasteiger partial charge on any atom is 0.193 e. The number of aryl methyl sites for hydroxylation is 2. The van der Waals surface area contributed by atoms with Crippen LogP contribution in [0, 0.1) is 13.8 Å². The number of fused-ring (bicyclic) bond motifs is 1. The van der Waals surface area contributed by atoms with Gasteiger partial charge in [0.15, 0.2) is 5.43 Å². The summed E-state index contributed by atoms with van der Waals surface area (Å²) in [5.41, 5.74) is 7.74. The topological polar surface area (TPSA) is 57.5 Å². The zero-order valence-corrected chi connectivity index (χ0v) is 25.6. The minimum absolute atomic E-state index is 0.154. The Morgan fingerprint density at radius 1 is 0.881 bits per heavy atom. The van der Waals surface area contributed by atoms with Gasteiger partial charge < -0.3 is 14.4 Å². The van der Waals surface area contributed by atoms with E-state index in [0.29, 0.717) is 12.6 Å². The molecule has 2 fully saturated rings. The number of anilines is 2. The third-order valence-electron chi connectivity index (χ3n) is 9.01. The molecule has 2 aliphatic rings. The summed E-state index contributed by atoms with van der Waals surface area (Å²) in [6, 6.07) is 15.6. The van der Waals surface area contributed by atoms with Gasteiger partial charge in [0.05, 0.1) is 17.4 Å². The Labute approximate surface area is 249 Å². The van der Waals surface area contributed by atoms with Gasteiger partial charge in [-0.15, -0.1) is 0 Å². The van der Waals surface area contributed by atoms with E-state index in [1.54, 1.807) is 0 Å². The van der Waals surface area contributed by atoms with Gasteiger partial charge in [-0.3, -0.25) is 19.7 Å². The zero-order chi connectivity index (χ0) is 29.2. The third kappa shape index (κ3) is 6.07. The number of rotatable bonds is 8. The summed E-state index contributed by atoms with van der Waals surface area (Å²) >= 11 is 0. The zero-order valence-electron chi connectivity index (χ0n) is 25.6. The van der Waals surface area contributed by atoms with E-state index < -0.39 is 0 Å². The van der Waals surface area contributed by atoms with E-state index in [2.05, 4.69) is 91.7 Å². The Morgan fingerprint density at radius 3 is 2.40 bits per heavy atom. The van der Waals surface area contributed by atoms with Crippen molar-refractivity contribution in [3.63, 3.8) is 0 Å². The molecular formula is C35H44N6O. The van der Waals surface area contributed by atoms with Crippen LogP contribution in [0.4, 0.5) is 11.4 Å². The van der Waals surface area contributed by atoms with Crippen molar-refractivity contribution in [3.05, 3.63) is 93.8 Å². The summed E-state index contributed by atoms with van der Waals surface area (Å²) in [5, 5.41) is 0.819. The summed E-state index contributed by atoms with van der Waals surface area (Å²) in [4.78, 5) is 30.5. The van der Waals surface area contributed by atoms with E-state index in [1.807, 2.05) is 26.2 Å². The first-order chi connectivity index (χ1) is 20.4. The monoisotopic (exact) mass is 564 g/mol. The quantitative estimate of drug-likeness (QED) is 0.252. The highest BCUT2D eigenvalue weighted by atomic mass is 16.1. The van der Waals surface area contributed by atoms with Crippen LogP contribution < -0.4 is 15.2 Å². The van der Waals surface area contributed by atoms with Crippen LogP contribution in [0.3, 0.4) is 0 Å². The van der Waals surface area contributed by atoms with E-state index >= 15 is 0 Å². The largest absolute Gasteiger partial charge is 0.371 e. The Morgan fingerprint density at radius 2 is 1.67 bits per heavy atom. The van der Waals surface area contributed by atoms with E-state index in [4.69, 9.17) is 0 Å². The molecule has 0 N–H and O–H groups in total. The molecule has 1 unspecified atom stereocenters. The maximum absolute atomic E-state index is 14.1. The molecule has 6 rings (SSSR count). The van der Waals surface area contributed by atoms with Crippen molar-refractivity contribution in [3.8, 4) is 0 Å². The number of pyridine rings is 3. The molecule has 7 heteroatoms. The van der Waals surface area contributed by atoms with Gasteiger partial charge in [-0.25, -0.2) is 0 Å². The van der Waals surface area contributed by atoms with Crippen molar-refractivity contribution in [2.45, 2.75) is 78.6 Å². The molecule has 0 bridgehead atoms. The van der Waals surface area contributed by atoms with Gasteiger partial charge in [-0.05, 0) is 101 Å². The summed E-state index contributed by atoms with van der Waals surface area (Å²) in [6.07, 6.45) is 10.7. The normalized spacial score (nSPS) is 17.6. The minimum atomic E-state index is 0.154.